The molecular formula is C19H23ClN4O2. The lowest BCUT2D eigenvalue weighted by Gasteiger charge is -2.28. The summed E-state index contributed by atoms with van der Waals surface area (Å²) in [5, 5.41) is 0.672. The number of benzene rings is 1. The van der Waals surface area contributed by atoms with Gasteiger partial charge in [-0.15, -0.1) is 0 Å². The molecule has 1 atom stereocenters. The van der Waals surface area contributed by atoms with Crippen LogP contribution in [0, 0.1) is 0 Å². The van der Waals surface area contributed by atoms with Gasteiger partial charge >= 0.3 is 0 Å². The molecule has 1 aromatic heterocycles. The number of halogens is 1. The van der Waals surface area contributed by atoms with Crippen molar-refractivity contribution in [1.29, 1.82) is 0 Å². The van der Waals surface area contributed by atoms with Crippen molar-refractivity contribution in [3.05, 3.63) is 53.1 Å². The number of hydrogen-bond donors (Lipinski definition) is 0. The molecule has 26 heavy (non-hydrogen) atoms. The highest BCUT2D eigenvalue weighted by Crippen LogP contribution is 2.21. The summed E-state index contributed by atoms with van der Waals surface area (Å²) in [5.74, 6) is -0.0415. The van der Waals surface area contributed by atoms with Crippen LogP contribution in [0.4, 0.5) is 0 Å². The highest BCUT2D eigenvalue weighted by molar-refractivity contribution is 6.30. The van der Waals surface area contributed by atoms with Gasteiger partial charge in [0.25, 0.3) is 0 Å². The second-order valence-corrected chi connectivity index (χ2v) is 7.18. The number of amides is 2. The summed E-state index contributed by atoms with van der Waals surface area (Å²) in [7, 11) is 3.64. The van der Waals surface area contributed by atoms with Gasteiger partial charge in [0.1, 0.15) is 6.04 Å². The summed E-state index contributed by atoms with van der Waals surface area (Å²) < 4.78 is 1.83. The third kappa shape index (κ3) is 4.07. The molecule has 0 saturated carbocycles. The monoisotopic (exact) mass is 374 g/mol. The molecule has 138 valence electrons. The standard InChI is InChI=1S/C19H23ClN4O2/c1-22(12-14-5-7-15(20)8-6-14)19(26)17-4-3-9-24(17)18(25)10-16-11-21-13-23(16)2/h5-8,11,13,17H,3-4,9-10,12H2,1-2H3/t17-/m0/s1. The van der Waals surface area contributed by atoms with Crippen LogP contribution >= 0.6 is 11.6 Å². The van der Waals surface area contributed by atoms with E-state index in [1.165, 1.54) is 0 Å². The van der Waals surface area contributed by atoms with Gasteiger partial charge in [-0.2, -0.15) is 0 Å². The average molecular weight is 375 g/mol. The predicted octanol–water partition coefficient (Wildman–Crippen LogP) is 2.27. The smallest absolute Gasteiger partial charge is 0.245 e. The van der Waals surface area contributed by atoms with Crippen molar-refractivity contribution < 1.29 is 9.59 Å². The first-order valence-electron chi connectivity index (χ1n) is 8.70. The van der Waals surface area contributed by atoms with E-state index in [4.69, 9.17) is 11.6 Å². The summed E-state index contributed by atoms with van der Waals surface area (Å²) in [5.41, 5.74) is 1.86. The number of carbonyl (C=O) groups excluding carboxylic acids is 2. The Morgan fingerprint density at radius 3 is 2.69 bits per heavy atom. The van der Waals surface area contributed by atoms with Gasteiger partial charge in [0.05, 0.1) is 12.7 Å². The lowest BCUT2D eigenvalue weighted by atomic mass is 10.1. The first-order valence-corrected chi connectivity index (χ1v) is 9.07. The largest absolute Gasteiger partial charge is 0.340 e. The molecule has 0 aliphatic carbocycles. The Bertz CT molecular complexity index is 787. The molecule has 2 amide bonds. The van der Waals surface area contributed by atoms with Crippen LogP contribution in [0.5, 0.6) is 0 Å². The summed E-state index contributed by atoms with van der Waals surface area (Å²) in [6, 6.07) is 7.06. The Labute approximate surface area is 158 Å². The fourth-order valence-electron chi connectivity index (χ4n) is 3.33. The molecule has 1 saturated heterocycles. The second kappa shape index (κ2) is 7.91. The van der Waals surface area contributed by atoms with Gasteiger partial charge in [-0.3, -0.25) is 9.59 Å². The molecule has 3 rings (SSSR count). The molecular weight excluding hydrogens is 352 g/mol. The highest BCUT2D eigenvalue weighted by Gasteiger charge is 2.35. The van der Waals surface area contributed by atoms with E-state index in [1.807, 2.05) is 35.9 Å². The Hall–Kier alpha value is -2.34. The molecule has 1 aromatic carbocycles. The van der Waals surface area contributed by atoms with E-state index in [1.54, 1.807) is 29.4 Å². The van der Waals surface area contributed by atoms with Crippen molar-refractivity contribution >= 4 is 23.4 Å². The van der Waals surface area contributed by atoms with Gasteiger partial charge in [0.2, 0.25) is 11.8 Å². The Morgan fingerprint density at radius 2 is 2.04 bits per heavy atom. The zero-order valence-electron chi connectivity index (χ0n) is 15.1. The molecule has 2 aromatic rings. The van der Waals surface area contributed by atoms with E-state index in [0.717, 1.165) is 17.7 Å². The van der Waals surface area contributed by atoms with Gasteiger partial charge < -0.3 is 14.4 Å². The van der Waals surface area contributed by atoms with Crippen LogP contribution in [0.1, 0.15) is 24.1 Å². The van der Waals surface area contributed by atoms with E-state index in [-0.39, 0.29) is 24.3 Å². The van der Waals surface area contributed by atoms with Crippen molar-refractivity contribution in [2.75, 3.05) is 13.6 Å². The lowest BCUT2D eigenvalue weighted by Crippen LogP contribution is -2.46. The number of rotatable bonds is 5. The summed E-state index contributed by atoms with van der Waals surface area (Å²) in [4.78, 5) is 33.0. The SMILES string of the molecule is CN(Cc1ccc(Cl)cc1)C(=O)[C@@H]1CCCN1C(=O)Cc1cncn1C. The summed E-state index contributed by atoms with van der Waals surface area (Å²) in [6.45, 7) is 1.12. The van der Waals surface area contributed by atoms with Crippen LogP contribution < -0.4 is 0 Å². The summed E-state index contributed by atoms with van der Waals surface area (Å²) in [6.07, 6.45) is 5.19. The maximum atomic E-state index is 12.9. The maximum absolute atomic E-state index is 12.9. The van der Waals surface area contributed by atoms with E-state index < -0.39 is 0 Å². The summed E-state index contributed by atoms with van der Waals surface area (Å²) >= 11 is 5.91. The number of carbonyl (C=O) groups is 2. The lowest BCUT2D eigenvalue weighted by molar-refractivity contribution is -0.143. The first kappa shape index (κ1) is 18.5. The first-order chi connectivity index (χ1) is 12.5. The number of imidazole rings is 1. The molecule has 0 N–H and O–H groups in total. The highest BCUT2D eigenvalue weighted by atomic mass is 35.5. The van der Waals surface area contributed by atoms with Gasteiger partial charge in [0, 0.05) is 44.1 Å². The molecule has 0 unspecified atom stereocenters. The van der Waals surface area contributed by atoms with E-state index in [9.17, 15) is 9.59 Å². The van der Waals surface area contributed by atoms with Crippen LogP contribution in [0.2, 0.25) is 5.02 Å². The van der Waals surface area contributed by atoms with Crippen LogP contribution in [-0.4, -0.2) is 50.8 Å². The fourth-order valence-corrected chi connectivity index (χ4v) is 3.46. The zero-order chi connectivity index (χ0) is 18.7. The Kier molecular flexibility index (Phi) is 5.61. The van der Waals surface area contributed by atoms with Gasteiger partial charge in [-0.1, -0.05) is 23.7 Å². The van der Waals surface area contributed by atoms with Crippen molar-refractivity contribution in [2.45, 2.75) is 31.8 Å². The number of likely N-dealkylation sites (N-methyl/N-ethyl adjacent to an activating group) is 1. The molecule has 6 nitrogen and oxygen atoms in total. The van der Waals surface area contributed by atoms with E-state index in [0.29, 0.717) is 24.5 Å². The van der Waals surface area contributed by atoms with Crippen LogP contribution in [0.15, 0.2) is 36.8 Å². The van der Waals surface area contributed by atoms with Crippen LogP contribution in [-0.2, 0) is 29.6 Å². The van der Waals surface area contributed by atoms with Crippen molar-refractivity contribution in [1.82, 2.24) is 19.4 Å². The molecule has 1 aliphatic heterocycles. The number of aryl methyl sites for hydroxylation is 1. The topological polar surface area (TPSA) is 58.4 Å². The Morgan fingerprint density at radius 1 is 1.31 bits per heavy atom. The van der Waals surface area contributed by atoms with Crippen molar-refractivity contribution in [2.24, 2.45) is 7.05 Å². The van der Waals surface area contributed by atoms with Crippen LogP contribution in [0.25, 0.3) is 0 Å². The minimum Gasteiger partial charge on any atom is -0.340 e. The predicted molar refractivity (Wildman–Crippen MR) is 99.6 cm³/mol. The molecule has 0 bridgehead atoms. The minimum atomic E-state index is -0.381. The van der Waals surface area contributed by atoms with E-state index in [2.05, 4.69) is 4.98 Å². The maximum Gasteiger partial charge on any atom is 0.245 e. The second-order valence-electron chi connectivity index (χ2n) is 6.74. The van der Waals surface area contributed by atoms with Gasteiger partial charge in [-0.25, -0.2) is 4.98 Å². The quantitative estimate of drug-likeness (QED) is 0.806. The molecule has 7 heteroatoms. The van der Waals surface area contributed by atoms with Gasteiger partial charge in [0.15, 0.2) is 0 Å². The third-order valence-electron chi connectivity index (χ3n) is 4.82. The van der Waals surface area contributed by atoms with E-state index >= 15 is 0 Å². The Balaban J connectivity index is 1.64. The minimum absolute atomic E-state index is 0.0178. The fraction of sp³-hybridized carbons (Fsp3) is 0.421. The number of nitrogens with zero attached hydrogens (tertiary/aromatic N) is 4. The van der Waals surface area contributed by atoms with Crippen molar-refractivity contribution in [3.63, 3.8) is 0 Å². The molecule has 2 heterocycles. The number of likely N-dealkylation sites (tertiary alicyclic amines) is 1. The number of aromatic nitrogens is 2. The molecule has 0 radical (unpaired) electrons. The average Bonchev–Trinajstić information content (AvgIpc) is 3.26. The zero-order valence-corrected chi connectivity index (χ0v) is 15.8. The molecule has 1 fully saturated rings. The number of hydrogen-bond acceptors (Lipinski definition) is 3. The van der Waals surface area contributed by atoms with Crippen molar-refractivity contribution in [3.8, 4) is 0 Å². The van der Waals surface area contributed by atoms with Gasteiger partial charge in [-0.05, 0) is 30.5 Å². The normalized spacial score (nSPS) is 16.7. The molecule has 1 aliphatic rings. The third-order valence-corrected chi connectivity index (χ3v) is 5.07. The molecule has 0 spiro atoms. The van der Waals surface area contributed by atoms with Crippen LogP contribution in [0.3, 0.4) is 0 Å².